The van der Waals surface area contributed by atoms with E-state index in [2.05, 4.69) is 0 Å². The number of carbonyl (C=O) groups excluding carboxylic acids is 1. The maximum Gasteiger partial charge on any atom is 0.320 e. The first-order valence-corrected chi connectivity index (χ1v) is 8.20. The van der Waals surface area contributed by atoms with Crippen LogP contribution < -0.4 is 5.73 Å². The zero-order valence-electron chi connectivity index (χ0n) is 14.2. The minimum Gasteiger partial charge on any atom is -0.453 e. The maximum atomic E-state index is 11.5. The molecule has 0 spiro atoms. The van der Waals surface area contributed by atoms with Gasteiger partial charge in [0.05, 0.1) is 19.8 Å². The molecular formula is C14H25NO12. The lowest BCUT2D eigenvalue weighted by Crippen LogP contribution is -2.63. The van der Waals surface area contributed by atoms with E-state index in [1.165, 1.54) is 0 Å². The molecule has 2 aliphatic rings. The summed E-state index contributed by atoms with van der Waals surface area (Å²) >= 11 is 0. The van der Waals surface area contributed by atoms with Crippen molar-refractivity contribution >= 4 is 5.97 Å². The minimum absolute atomic E-state index is 0.564. The van der Waals surface area contributed by atoms with Crippen molar-refractivity contribution in [3.63, 3.8) is 0 Å². The second-order valence-corrected chi connectivity index (χ2v) is 6.23. The molecular weight excluding hydrogens is 374 g/mol. The standard InChI is InChI=1S/C14H25NO12/c15-1-7(19)25-11-10(22)8(20)5(2-16)24-13(11)27-14(4-18)12(23)9(21)6(3-17)26-14/h5-6,8-13,16-18,20-23H,1-4,15H2. The van der Waals surface area contributed by atoms with E-state index in [4.69, 9.17) is 24.7 Å². The molecule has 2 heterocycles. The van der Waals surface area contributed by atoms with Crippen molar-refractivity contribution in [1.29, 1.82) is 0 Å². The zero-order valence-corrected chi connectivity index (χ0v) is 14.2. The molecule has 0 amide bonds. The van der Waals surface area contributed by atoms with Crippen LogP contribution >= 0.6 is 0 Å². The normalized spacial score (nSPS) is 45.0. The molecule has 0 radical (unpaired) electrons. The number of aliphatic hydroxyl groups is 7. The highest BCUT2D eigenvalue weighted by atomic mass is 16.8. The van der Waals surface area contributed by atoms with Crippen LogP contribution in [-0.2, 0) is 23.7 Å². The lowest BCUT2D eigenvalue weighted by atomic mass is 9.98. The van der Waals surface area contributed by atoms with Crippen molar-refractivity contribution in [2.45, 2.75) is 54.8 Å². The van der Waals surface area contributed by atoms with Crippen molar-refractivity contribution in [2.24, 2.45) is 5.73 Å². The summed E-state index contributed by atoms with van der Waals surface area (Å²) in [5, 5.41) is 68.4. The number of nitrogens with two attached hydrogens (primary N) is 1. The summed E-state index contributed by atoms with van der Waals surface area (Å²) in [7, 11) is 0. The van der Waals surface area contributed by atoms with Crippen LogP contribution in [-0.4, -0.2) is 123 Å². The van der Waals surface area contributed by atoms with Gasteiger partial charge in [-0.3, -0.25) is 4.79 Å². The highest BCUT2D eigenvalue weighted by Crippen LogP contribution is 2.36. The Bertz CT molecular complexity index is 508. The van der Waals surface area contributed by atoms with E-state index in [9.17, 15) is 40.5 Å². The highest BCUT2D eigenvalue weighted by molar-refractivity contribution is 5.71. The molecule has 13 nitrogen and oxygen atoms in total. The first-order chi connectivity index (χ1) is 12.7. The van der Waals surface area contributed by atoms with E-state index in [-0.39, 0.29) is 0 Å². The fraction of sp³-hybridized carbons (Fsp3) is 0.929. The van der Waals surface area contributed by atoms with Gasteiger partial charge in [0.15, 0.2) is 6.10 Å². The van der Waals surface area contributed by atoms with E-state index in [1.807, 2.05) is 0 Å². The van der Waals surface area contributed by atoms with E-state index in [1.54, 1.807) is 0 Å². The lowest BCUT2D eigenvalue weighted by molar-refractivity contribution is -0.383. The smallest absolute Gasteiger partial charge is 0.320 e. The van der Waals surface area contributed by atoms with E-state index in [0.29, 0.717) is 0 Å². The Balaban J connectivity index is 2.28. The summed E-state index contributed by atoms with van der Waals surface area (Å²) in [5.74, 6) is -3.28. The summed E-state index contributed by atoms with van der Waals surface area (Å²) < 4.78 is 20.8. The van der Waals surface area contributed by atoms with Crippen LogP contribution in [0, 0.1) is 0 Å². The van der Waals surface area contributed by atoms with Gasteiger partial charge in [-0.1, -0.05) is 0 Å². The summed E-state index contributed by atoms with van der Waals surface area (Å²) in [5.41, 5.74) is 5.15. The molecule has 0 bridgehead atoms. The Kier molecular flexibility index (Phi) is 7.46. The predicted octanol–water partition coefficient (Wildman–Crippen LogP) is -5.89. The largest absolute Gasteiger partial charge is 0.453 e. The topological polar surface area (TPSA) is 222 Å². The Morgan fingerprint density at radius 1 is 1.00 bits per heavy atom. The van der Waals surface area contributed by atoms with Crippen LogP contribution in [0.15, 0.2) is 0 Å². The average molecular weight is 399 g/mol. The quantitative estimate of drug-likeness (QED) is 0.187. The van der Waals surface area contributed by atoms with Crippen LogP contribution in [0.5, 0.6) is 0 Å². The predicted molar refractivity (Wildman–Crippen MR) is 81.6 cm³/mol. The van der Waals surface area contributed by atoms with Crippen molar-refractivity contribution in [3.8, 4) is 0 Å². The number of aliphatic hydroxyl groups excluding tert-OH is 7. The molecule has 158 valence electrons. The summed E-state index contributed by atoms with van der Waals surface area (Å²) in [4.78, 5) is 11.5. The lowest BCUT2D eigenvalue weighted by Gasteiger charge is -2.44. The number of carbonyl (C=O) groups is 1. The molecule has 9 unspecified atom stereocenters. The molecule has 0 aromatic rings. The monoisotopic (exact) mass is 399 g/mol. The van der Waals surface area contributed by atoms with E-state index < -0.39 is 87.1 Å². The number of hydrogen-bond acceptors (Lipinski definition) is 13. The van der Waals surface area contributed by atoms with Gasteiger partial charge in [-0.05, 0) is 0 Å². The molecule has 2 fully saturated rings. The van der Waals surface area contributed by atoms with Gasteiger partial charge >= 0.3 is 5.97 Å². The van der Waals surface area contributed by atoms with Crippen molar-refractivity contribution < 1.29 is 59.5 Å². The molecule has 0 saturated carbocycles. The van der Waals surface area contributed by atoms with Crippen molar-refractivity contribution in [3.05, 3.63) is 0 Å². The van der Waals surface area contributed by atoms with Gasteiger partial charge in [0, 0.05) is 0 Å². The highest BCUT2D eigenvalue weighted by Gasteiger charge is 2.59. The van der Waals surface area contributed by atoms with Gasteiger partial charge in [-0.25, -0.2) is 0 Å². The molecule has 0 aromatic carbocycles. The number of ether oxygens (including phenoxy) is 4. The van der Waals surface area contributed by atoms with Gasteiger partial charge in [-0.2, -0.15) is 0 Å². The fourth-order valence-electron chi connectivity index (χ4n) is 2.94. The van der Waals surface area contributed by atoms with E-state index in [0.717, 1.165) is 0 Å². The van der Waals surface area contributed by atoms with Gasteiger partial charge in [0.25, 0.3) is 0 Å². The average Bonchev–Trinajstić information content (AvgIpc) is 2.92. The van der Waals surface area contributed by atoms with Crippen molar-refractivity contribution in [2.75, 3.05) is 26.4 Å². The first kappa shape index (κ1) is 22.3. The molecule has 27 heavy (non-hydrogen) atoms. The first-order valence-electron chi connectivity index (χ1n) is 8.20. The molecule has 2 rings (SSSR count). The Morgan fingerprint density at radius 2 is 1.63 bits per heavy atom. The van der Waals surface area contributed by atoms with Gasteiger partial charge in [0.2, 0.25) is 12.1 Å². The molecule has 13 heteroatoms. The SMILES string of the molecule is NCC(=O)OC1C(OC2(CO)OC(CO)C(O)C2O)OC(CO)C(O)C1O. The third-order valence-electron chi connectivity index (χ3n) is 4.48. The zero-order chi connectivity index (χ0) is 20.4. The number of esters is 1. The maximum absolute atomic E-state index is 11.5. The van der Waals surface area contributed by atoms with Crippen LogP contribution in [0.2, 0.25) is 0 Å². The van der Waals surface area contributed by atoms with Gasteiger partial charge < -0.3 is 60.4 Å². The Morgan fingerprint density at radius 3 is 2.11 bits per heavy atom. The van der Waals surface area contributed by atoms with Crippen LogP contribution in [0.3, 0.4) is 0 Å². The van der Waals surface area contributed by atoms with Crippen LogP contribution in [0.25, 0.3) is 0 Å². The third-order valence-corrected chi connectivity index (χ3v) is 4.48. The van der Waals surface area contributed by atoms with E-state index >= 15 is 0 Å². The second-order valence-electron chi connectivity index (χ2n) is 6.23. The molecule has 9 N–H and O–H groups in total. The molecule has 2 aliphatic heterocycles. The van der Waals surface area contributed by atoms with Gasteiger partial charge in [-0.15, -0.1) is 0 Å². The third kappa shape index (κ3) is 4.23. The van der Waals surface area contributed by atoms with Crippen LogP contribution in [0.1, 0.15) is 0 Å². The summed E-state index contributed by atoms with van der Waals surface area (Å²) in [6.07, 6.45) is -12.9. The number of rotatable bonds is 7. The fourth-order valence-corrected chi connectivity index (χ4v) is 2.94. The van der Waals surface area contributed by atoms with Crippen LogP contribution in [0.4, 0.5) is 0 Å². The molecule has 2 saturated heterocycles. The Hall–Kier alpha value is -0.970. The minimum atomic E-state index is -2.30. The Labute approximate surface area is 153 Å². The van der Waals surface area contributed by atoms with Crippen molar-refractivity contribution in [1.82, 2.24) is 0 Å². The summed E-state index contributed by atoms with van der Waals surface area (Å²) in [6.45, 7) is -3.03. The molecule has 0 aromatic heterocycles. The van der Waals surface area contributed by atoms with Gasteiger partial charge in [0.1, 0.15) is 43.2 Å². The second kappa shape index (κ2) is 9.02. The summed E-state index contributed by atoms with van der Waals surface area (Å²) in [6, 6.07) is 0. The number of hydrogen-bond donors (Lipinski definition) is 8. The molecule has 9 atom stereocenters. The molecule has 0 aliphatic carbocycles.